The first-order chi connectivity index (χ1) is 18.3. The van der Waals surface area contributed by atoms with E-state index in [1.54, 1.807) is 45.9 Å². The van der Waals surface area contributed by atoms with Gasteiger partial charge in [-0.2, -0.15) is 0 Å². The summed E-state index contributed by atoms with van der Waals surface area (Å²) in [5.74, 6) is -1.43. The molecule has 0 amide bonds. The Morgan fingerprint density at radius 3 is 2.00 bits per heavy atom. The summed E-state index contributed by atoms with van der Waals surface area (Å²) in [4.78, 5) is 49.9. The van der Waals surface area contributed by atoms with Crippen molar-refractivity contribution in [1.29, 1.82) is 0 Å². The van der Waals surface area contributed by atoms with Crippen molar-refractivity contribution < 1.29 is 38.1 Å². The van der Waals surface area contributed by atoms with Gasteiger partial charge in [0.1, 0.15) is 12.6 Å². The molecule has 39 heavy (non-hydrogen) atoms. The van der Waals surface area contributed by atoms with Crippen molar-refractivity contribution in [2.24, 2.45) is 10.8 Å². The summed E-state index contributed by atoms with van der Waals surface area (Å²) in [6.07, 6.45) is 4.48. The lowest BCUT2D eigenvalue weighted by Gasteiger charge is -2.24. The standard InChI is InChI=1S/C30H47NO8/c1-9-12-13-14-25(32)37-18-17-31-22(26(33)36-8)19-21-15-16-23(38-27(34)29(4,5)10-2)24(20-21)39-28(35)30(6,7)11-3/h15-16,20,22,31H,9-14,17-19H2,1-8H3/t22-/m0/s1. The number of hydrogen-bond acceptors (Lipinski definition) is 9. The zero-order valence-corrected chi connectivity index (χ0v) is 24.9. The third-order valence-electron chi connectivity index (χ3n) is 6.95. The fourth-order valence-corrected chi connectivity index (χ4v) is 3.21. The first-order valence-electron chi connectivity index (χ1n) is 13.9. The lowest BCUT2D eigenvalue weighted by molar-refractivity contribution is -0.147. The molecule has 0 aromatic heterocycles. The minimum Gasteiger partial charge on any atom is -0.468 e. The Kier molecular flexibility index (Phi) is 14.2. The van der Waals surface area contributed by atoms with Crippen LogP contribution < -0.4 is 14.8 Å². The second-order valence-corrected chi connectivity index (χ2v) is 10.9. The highest BCUT2D eigenvalue weighted by Crippen LogP contribution is 2.34. The monoisotopic (exact) mass is 549 g/mol. The van der Waals surface area contributed by atoms with Crippen LogP contribution in [0.2, 0.25) is 0 Å². The smallest absolute Gasteiger partial charge is 0.323 e. The fraction of sp³-hybridized carbons (Fsp3) is 0.667. The third-order valence-corrected chi connectivity index (χ3v) is 6.95. The van der Waals surface area contributed by atoms with Gasteiger partial charge in [0.05, 0.1) is 17.9 Å². The van der Waals surface area contributed by atoms with Crippen LogP contribution >= 0.6 is 0 Å². The van der Waals surface area contributed by atoms with E-state index in [9.17, 15) is 19.2 Å². The molecule has 0 radical (unpaired) electrons. The highest BCUT2D eigenvalue weighted by atomic mass is 16.6. The van der Waals surface area contributed by atoms with E-state index < -0.39 is 34.8 Å². The van der Waals surface area contributed by atoms with E-state index in [1.165, 1.54) is 7.11 Å². The maximum atomic E-state index is 12.9. The van der Waals surface area contributed by atoms with Crippen LogP contribution in [0.5, 0.6) is 11.5 Å². The number of benzene rings is 1. The highest BCUT2D eigenvalue weighted by molar-refractivity contribution is 5.81. The highest BCUT2D eigenvalue weighted by Gasteiger charge is 2.31. The Morgan fingerprint density at radius 2 is 1.46 bits per heavy atom. The molecule has 1 rings (SSSR count). The Balaban J connectivity index is 3.07. The Hall–Kier alpha value is -2.94. The predicted molar refractivity (Wildman–Crippen MR) is 148 cm³/mol. The van der Waals surface area contributed by atoms with Crippen LogP contribution in [-0.4, -0.2) is 50.2 Å². The van der Waals surface area contributed by atoms with E-state index in [2.05, 4.69) is 12.2 Å². The Labute approximate surface area is 233 Å². The van der Waals surface area contributed by atoms with Gasteiger partial charge in [-0.15, -0.1) is 0 Å². The van der Waals surface area contributed by atoms with Crippen molar-refractivity contribution in [3.05, 3.63) is 23.8 Å². The molecule has 1 aromatic rings. The molecule has 1 aromatic carbocycles. The SMILES string of the molecule is CCCCCC(=O)OCCN[C@@H](Cc1ccc(OC(=O)C(C)(C)CC)c(OC(=O)C(C)(C)CC)c1)C(=O)OC. The molecule has 0 aliphatic carbocycles. The molecular weight excluding hydrogens is 502 g/mol. The van der Waals surface area contributed by atoms with E-state index >= 15 is 0 Å². The summed E-state index contributed by atoms with van der Waals surface area (Å²) in [6.45, 7) is 13.3. The van der Waals surface area contributed by atoms with Crippen LogP contribution in [0.4, 0.5) is 0 Å². The number of hydrogen-bond donors (Lipinski definition) is 1. The first-order valence-corrected chi connectivity index (χ1v) is 13.9. The second kappa shape index (κ2) is 16.2. The maximum Gasteiger partial charge on any atom is 0.323 e. The lowest BCUT2D eigenvalue weighted by Crippen LogP contribution is -2.41. The molecule has 0 saturated carbocycles. The van der Waals surface area contributed by atoms with Crippen LogP contribution in [0, 0.1) is 10.8 Å². The van der Waals surface area contributed by atoms with Gasteiger partial charge >= 0.3 is 23.9 Å². The summed E-state index contributed by atoms with van der Waals surface area (Å²) >= 11 is 0. The molecule has 220 valence electrons. The largest absolute Gasteiger partial charge is 0.468 e. The maximum absolute atomic E-state index is 12.9. The van der Waals surface area contributed by atoms with Crippen LogP contribution in [-0.2, 0) is 35.1 Å². The van der Waals surface area contributed by atoms with Gasteiger partial charge in [0, 0.05) is 13.0 Å². The number of esters is 4. The van der Waals surface area contributed by atoms with Crippen molar-refractivity contribution in [2.75, 3.05) is 20.3 Å². The summed E-state index contributed by atoms with van der Waals surface area (Å²) in [5.41, 5.74) is -0.812. The molecule has 0 unspecified atom stereocenters. The van der Waals surface area contributed by atoms with Crippen molar-refractivity contribution >= 4 is 23.9 Å². The second-order valence-electron chi connectivity index (χ2n) is 10.9. The number of nitrogens with one attached hydrogen (secondary N) is 1. The minimum atomic E-state index is -0.746. The van der Waals surface area contributed by atoms with Crippen LogP contribution in [0.1, 0.15) is 92.6 Å². The van der Waals surface area contributed by atoms with Gasteiger partial charge in [-0.1, -0.05) is 39.7 Å². The van der Waals surface area contributed by atoms with Crippen LogP contribution in [0.15, 0.2) is 18.2 Å². The molecule has 0 fully saturated rings. The zero-order valence-electron chi connectivity index (χ0n) is 24.9. The minimum absolute atomic E-state index is 0.101. The molecule has 1 atom stereocenters. The summed E-state index contributed by atoms with van der Waals surface area (Å²) < 4.78 is 21.5. The Morgan fingerprint density at radius 1 is 0.872 bits per heavy atom. The predicted octanol–water partition coefficient (Wildman–Crippen LogP) is 5.17. The summed E-state index contributed by atoms with van der Waals surface area (Å²) in [5, 5.41) is 3.06. The molecular formula is C30H47NO8. The molecule has 0 aliphatic heterocycles. The van der Waals surface area contributed by atoms with Crippen molar-refractivity contribution in [3.63, 3.8) is 0 Å². The average Bonchev–Trinajstić information content (AvgIpc) is 2.91. The van der Waals surface area contributed by atoms with Gasteiger partial charge in [-0.25, -0.2) is 0 Å². The van der Waals surface area contributed by atoms with Gasteiger partial charge in [-0.3, -0.25) is 19.2 Å². The molecule has 9 heteroatoms. The number of rotatable bonds is 17. The zero-order chi connectivity index (χ0) is 29.6. The van der Waals surface area contributed by atoms with Crippen molar-refractivity contribution in [1.82, 2.24) is 5.32 Å². The van der Waals surface area contributed by atoms with Gasteiger partial charge < -0.3 is 24.3 Å². The lowest BCUT2D eigenvalue weighted by atomic mass is 9.90. The van der Waals surface area contributed by atoms with Gasteiger partial charge in [0.15, 0.2) is 11.5 Å². The van der Waals surface area contributed by atoms with Gasteiger partial charge in [-0.05, 0) is 71.1 Å². The molecule has 0 bridgehead atoms. The summed E-state index contributed by atoms with van der Waals surface area (Å²) in [6, 6.07) is 4.12. The molecule has 0 aliphatic rings. The van der Waals surface area contributed by atoms with Gasteiger partial charge in [0.2, 0.25) is 0 Å². The number of carbonyl (C=O) groups is 4. The van der Waals surface area contributed by atoms with Crippen LogP contribution in [0.3, 0.4) is 0 Å². The molecule has 1 N–H and O–H groups in total. The Bertz CT molecular complexity index is 970. The topological polar surface area (TPSA) is 117 Å². The molecule has 9 nitrogen and oxygen atoms in total. The van der Waals surface area contributed by atoms with E-state index in [1.807, 2.05) is 13.8 Å². The fourth-order valence-electron chi connectivity index (χ4n) is 3.21. The molecule has 0 spiro atoms. The van der Waals surface area contributed by atoms with Gasteiger partial charge in [0.25, 0.3) is 0 Å². The first kappa shape index (κ1) is 34.1. The quantitative estimate of drug-likeness (QED) is 0.160. The van der Waals surface area contributed by atoms with Crippen molar-refractivity contribution in [2.45, 2.75) is 99.5 Å². The van der Waals surface area contributed by atoms with E-state index in [-0.39, 0.29) is 37.0 Å². The van der Waals surface area contributed by atoms with E-state index in [4.69, 9.17) is 18.9 Å². The number of ether oxygens (including phenoxy) is 4. The normalized spacial score (nSPS) is 12.4. The van der Waals surface area contributed by atoms with Crippen molar-refractivity contribution in [3.8, 4) is 11.5 Å². The number of unbranched alkanes of at least 4 members (excludes halogenated alkanes) is 2. The summed E-state index contributed by atoms with van der Waals surface area (Å²) in [7, 11) is 1.29. The number of carbonyl (C=O) groups excluding carboxylic acids is 4. The van der Waals surface area contributed by atoms with E-state index in [0.717, 1.165) is 19.3 Å². The molecule has 0 heterocycles. The molecule has 0 saturated heterocycles. The third kappa shape index (κ3) is 11.4. The van der Waals surface area contributed by atoms with E-state index in [0.29, 0.717) is 24.8 Å². The van der Waals surface area contributed by atoms with Crippen LogP contribution in [0.25, 0.3) is 0 Å². The number of methoxy groups -OCH3 is 1. The average molecular weight is 550 g/mol.